The zero-order chi connectivity index (χ0) is 36.4. The summed E-state index contributed by atoms with van der Waals surface area (Å²) < 4.78 is 63.4. The minimum absolute atomic E-state index is 0.0256. The highest BCUT2D eigenvalue weighted by Gasteiger charge is 2.56. The summed E-state index contributed by atoms with van der Waals surface area (Å²) in [6, 6.07) is 0. The summed E-state index contributed by atoms with van der Waals surface area (Å²) in [6.07, 6.45) is -1.69. The van der Waals surface area contributed by atoms with Crippen molar-refractivity contribution in [2.45, 2.75) is 140 Å². The molecule has 0 aromatic carbocycles. The van der Waals surface area contributed by atoms with E-state index >= 15 is 0 Å². The Balaban J connectivity index is 2.61. The first-order valence-corrected chi connectivity index (χ1v) is 20.5. The Morgan fingerprint density at radius 3 is 1.52 bits per heavy atom. The molecule has 48 heavy (non-hydrogen) atoms. The van der Waals surface area contributed by atoms with Crippen molar-refractivity contribution >= 4 is 29.4 Å². The number of hydrogen-bond acceptors (Lipinski definition) is 14. The zero-order valence-electron chi connectivity index (χ0n) is 27.0. The molecular weight excluding hydrogens is 709 g/mol. The molecule has 0 aromatic rings. The fourth-order valence-corrected chi connectivity index (χ4v) is 7.14. The van der Waals surface area contributed by atoms with Crippen LogP contribution in [0.5, 0.6) is 0 Å². The first kappa shape index (κ1) is 45.6. The molecule has 0 spiro atoms. The average molecular weight is 763 g/mol. The van der Waals surface area contributed by atoms with Gasteiger partial charge in [-0.1, -0.05) is 84.0 Å². The maximum Gasteiger partial charge on any atom is 0.472 e. The van der Waals surface area contributed by atoms with Crippen molar-refractivity contribution in [3.8, 4) is 0 Å². The quantitative estimate of drug-likeness (QED) is 0.0250. The van der Waals surface area contributed by atoms with Crippen molar-refractivity contribution in [1.29, 1.82) is 0 Å². The average Bonchev–Trinajstić information content (AvgIpc) is 2.98. The molecule has 1 aliphatic carbocycles. The van der Waals surface area contributed by atoms with Crippen LogP contribution in [-0.2, 0) is 46.1 Å². The Morgan fingerprint density at radius 1 is 0.625 bits per heavy atom. The smallest absolute Gasteiger partial charge is 0.457 e. The van der Waals surface area contributed by atoms with E-state index in [1.165, 1.54) is 51.4 Å². The Bertz CT molecular complexity index is 1040. The zero-order valence-corrected chi connectivity index (χ0v) is 29.7. The number of ether oxygens (including phenoxy) is 2. The summed E-state index contributed by atoms with van der Waals surface area (Å²) in [6.45, 7) is 0.0533. The molecule has 0 heterocycles. The summed E-state index contributed by atoms with van der Waals surface area (Å²) >= 11 is 0. The van der Waals surface area contributed by atoms with Crippen molar-refractivity contribution in [2.75, 3.05) is 20.0 Å². The van der Waals surface area contributed by atoms with Crippen LogP contribution in [-0.4, -0.2) is 114 Å². The molecule has 1 aliphatic rings. The van der Waals surface area contributed by atoms with Crippen molar-refractivity contribution in [1.82, 2.24) is 0 Å². The Hall–Kier alpha value is -0.400. The van der Waals surface area contributed by atoms with Gasteiger partial charge >= 0.3 is 29.4 Å². The number of aliphatic hydroxyl groups is 4. The standard InChI is InChI=1S/C26H53O19P3/c1-2-3-4-5-6-7-8-9-10-11-12-13-14-15-20(28)42-19(16-40-18-27)17-41-48(38,39)45-24-21(29)22(30)25(43-46(32,33)34)26(23(24)31)44-47(35,36)37/h19,21-27,29-31H,2-18H2,1H3,(H,38,39)(H2,32,33,34)(H2,35,36,37)/t19-,21+,22?,23?,24?,25+,26+/m1/s1. The predicted molar refractivity (Wildman–Crippen MR) is 166 cm³/mol. The van der Waals surface area contributed by atoms with Gasteiger partial charge in [-0.15, -0.1) is 0 Å². The van der Waals surface area contributed by atoms with Crippen LogP contribution in [0.25, 0.3) is 0 Å². The third-order valence-corrected chi connectivity index (χ3v) is 9.42. The van der Waals surface area contributed by atoms with Gasteiger partial charge in [-0.2, -0.15) is 0 Å². The van der Waals surface area contributed by atoms with Crippen LogP contribution in [0, 0.1) is 0 Å². The Morgan fingerprint density at radius 2 is 1.06 bits per heavy atom. The van der Waals surface area contributed by atoms with Crippen molar-refractivity contribution in [2.24, 2.45) is 0 Å². The molecular formula is C26H53O19P3. The van der Waals surface area contributed by atoms with Gasteiger partial charge in [0.25, 0.3) is 0 Å². The SMILES string of the molecule is CCCCCCCCCCCCCCCC(=O)O[C@H](COCO)COP(=O)(O)OC1C(O)[C@H](OP(=O)(O)O)[C@@H](OP(=O)(O)O)C(O)[C@@H]1O. The summed E-state index contributed by atoms with van der Waals surface area (Å²) in [7, 11) is -16.4. The largest absolute Gasteiger partial charge is 0.472 e. The molecule has 19 nitrogen and oxygen atoms in total. The van der Waals surface area contributed by atoms with Gasteiger partial charge in [0.15, 0.2) is 0 Å². The molecule has 0 aromatic heterocycles. The molecule has 8 atom stereocenters. The van der Waals surface area contributed by atoms with Crippen molar-refractivity contribution in [3.63, 3.8) is 0 Å². The second-order valence-corrected chi connectivity index (χ2v) is 15.3. The summed E-state index contributed by atoms with van der Waals surface area (Å²) in [5, 5.41) is 40.2. The topological polar surface area (TPSA) is 306 Å². The molecule has 1 rings (SSSR count). The number of carbonyl (C=O) groups is 1. The first-order chi connectivity index (χ1) is 22.4. The van der Waals surface area contributed by atoms with Gasteiger partial charge in [-0.25, -0.2) is 13.7 Å². The highest BCUT2D eigenvalue weighted by Crippen LogP contribution is 2.51. The Kier molecular flexibility index (Phi) is 22.1. The lowest BCUT2D eigenvalue weighted by molar-refractivity contribution is -0.213. The van der Waals surface area contributed by atoms with Crippen LogP contribution in [0.1, 0.15) is 96.8 Å². The van der Waals surface area contributed by atoms with Crippen LogP contribution in [0.4, 0.5) is 0 Å². The molecule has 1 fully saturated rings. The van der Waals surface area contributed by atoms with Crippen LogP contribution < -0.4 is 0 Å². The maximum absolute atomic E-state index is 12.7. The van der Waals surface area contributed by atoms with E-state index in [9.17, 15) is 38.7 Å². The molecule has 0 saturated heterocycles. The fraction of sp³-hybridized carbons (Fsp3) is 0.962. The van der Waals surface area contributed by atoms with Gasteiger partial charge in [0, 0.05) is 6.42 Å². The number of hydrogen-bond donors (Lipinski definition) is 9. The van der Waals surface area contributed by atoms with Gasteiger partial charge in [-0.3, -0.25) is 22.9 Å². The lowest BCUT2D eigenvalue weighted by Crippen LogP contribution is -2.65. The second kappa shape index (κ2) is 23.2. The molecule has 4 unspecified atom stereocenters. The third-order valence-electron chi connectivity index (χ3n) is 7.39. The van der Waals surface area contributed by atoms with Gasteiger partial charge in [0.05, 0.1) is 13.2 Å². The minimum Gasteiger partial charge on any atom is -0.457 e. The molecule has 0 amide bonds. The molecule has 286 valence electrons. The Labute approximate surface area is 279 Å². The number of carbonyl (C=O) groups excluding carboxylic acids is 1. The maximum atomic E-state index is 12.7. The van der Waals surface area contributed by atoms with E-state index in [-0.39, 0.29) is 6.42 Å². The highest BCUT2D eigenvalue weighted by atomic mass is 31.2. The lowest BCUT2D eigenvalue weighted by Gasteiger charge is -2.44. The van der Waals surface area contributed by atoms with Crippen LogP contribution >= 0.6 is 23.5 Å². The highest BCUT2D eigenvalue weighted by molar-refractivity contribution is 7.47. The first-order valence-electron chi connectivity index (χ1n) is 16.0. The number of phosphoric acid groups is 3. The lowest BCUT2D eigenvalue weighted by atomic mass is 9.85. The number of unbranched alkanes of at least 4 members (excludes halogenated alkanes) is 12. The van der Waals surface area contributed by atoms with E-state index in [2.05, 4.69) is 16.0 Å². The summed E-state index contributed by atoms with van der Waals surface area (Å²) in [4.78, 5) is 59.1. The summed E-state index contributed by atoms with van der Waals surface area (Å²) in [5.41, 5.74) is 0. The van der Waals surface area contributed by atoms with E-state index in [4.69, 9.17) is 43.2 Å². The van der Waals surface area contributed by atoms with Gasteiger partial charge in [0.1, 0.15) is 49.5 Å². The number of esters is 1. The molecule has 1 saturated carbocycles. The number of rotatable bonds is 27. The van der Waals surface area contributed by atoms with Crippen molar-refractivity contribution in [3.05, 3.63) is 0 Å². The van der Waals surface area contributed by atoms with Gasteiger partial charge < -0.3 is 54.4 Å². The minimum atomic E-state index is -5.56. The van der Waals surface area contributed by atoms with E-state index in [1.807, 2.05) is 0 Å². The van der Waals surface area contributed by atoms with Gasteiger partial charge in [0.2, 0.25) is 0 Å². The number of phosphoric ester groups is 3. The van der Waals surface area contributed by atoms with E-state index in [0.717, 1.165) is 25.7 Å². The van der Waals surface area contributed by atoms with E-state index < -0.39 is 92.2 Å². The van der Waals surface area contributed by atoms with Crippen LogP contribution in [0.3, 0.4) is 0 Å². The van der Waals surface area contributed by atoms with E-state index in [0.29, 0.717) is 6.42 Å². The second-order valence-electron chi connectivity index (χ2n) is 11.5. The fourth-order valence-electron chi connectivity index (χ4n) is 5.05. The normalized spacial score (nSPS) is 25.5. The molecule has 22 heteroatoms. The van der Waals surface area contributed by atoms with Crippen LogP contribution in [0.2, 0.25) is 0 Å². The molecule has 9 N–H and O–H groups in total. The summed E-state index contributed by atoms with van der Waals surface area (Å²) in [5.74, 6) is -0.684. The molecule has 0 bridgehead atoms. The third kappa shape index (κ3) is 19.8. The monoisotopic (exact) mass is 762 g/mol. The van der Waals surface area contributed by atoms with Crippen LogP contribution in [0.15, 0.2) is 0 Å². The molecule has 0 aliphatic heterocycles. The number of aliphatic hydroxyl groups excluding tert-OH is 4. The van der Waals surface area contributed by atoms with Crippen molar-refractivity contribution < 1.29 is 91.0 Å². The van der Waals surface area contributed by atoms with Gasteiger partial charge in [-0.05, 0) is 6.42 Å². The van der Waals surface area contributed by atoms with E-state index in [1.54, 1.807) is 0 Å². The predicted octanol–water partition coefficient (Wildman–Crippen LogP) is 1.90. The molecule has 0 radical (unpaired) electrons.